The number of aliphatic hydroxyl groups excluding tert-OH is 5. The molecule has 1 amide bonds. The number of carbonyl (C=O) groups is 1. The van der Waals surface area contributed by atoms with Crippen LogP contribution in [-0.4, -0.2) is 87.5 Å². The summed E-state index contributed by atoms with van der Waals surface area (Å²) >= 11 is 0. The van der Waals surface area contributed by atoms with Gasteiger partial charge >= 0.3 is 0 Å². The fourth-order valence-electron chi connectivity index (χ4n) is 4.89. The second kappa shape index (κ2) is 28.6. The van der Waals surface area contributed by atoms with Crippen LogP contribution in [0, 0.1) is 0 Å². The predicted molar refractivity (Wildman–Crippen MR) is 188 cm³/mol. The van der Waals surface area contributed by atoms with Crippen molar-refractivity contribution in [2.45, 2.75) is 147 Å². The Balaban J connectivity index is 2.49. The SMILES string of the molecule is CC/C=C\C/C=C\C/C=C\C/C=C\C/C=C\CCCC(=O)NC(COC1OC(CO)C(O)C(O)C1O)C(O)/C=C/CCCCCCC. The Bertz CT molecular complexity index is 957. The summed E-state index contributed by atoms with van der Waals surface area (Å²) in [6.07, 6.45) is 29.7. The van der Waals surface area contributed by atoms with Crippen LogP contribution in [0.25, 0.3) is 0 Å². The number of carbonyl (C=O) groups excluding carboxylic acids is 1. The van der Waals surface area contributed by atoms with Crippen LogP contribution < -0.4 is 5.32 Å². The molecular weight excluding hydrogens is 598 g/mol. The van der Waals surface area contributed by atoms with Crippen LogP contribution in [0.1, 0.15) is 104 Å². The van der Waals surface area contributed by atoms with E-state index in [0.29, 0.717) is 6.42 Å². The summed E-state index contributed by atoms with van der Waals surface area (Å²) in [7, 11) is 0. The standard InChI is InChI=1S/C38H63NO8/c1-3-5-7-9-11-12-13-14-15-16-17-18-19-20-22-24-26-28-34(42)39-31(32(41)27-25-23-21-10-8-6-4-2)30-46-38-37(45)36(44)35(43)33(29-40)47-38/h5,7,11-12,14-15,17-18,20,22,25,27,31-33,35-38,40-41,43-45H,3-4,6,8-10,13,16,19,21,23-24,26,28-30H2,1-2H3,(H,39,42)/b7-5-,12-11-,15-14-,18-17-,22-20-,27-25+. The normalized spacial score (nSPS) is 23.8. The van der Waals surface area contributed by atoms with Crippen molar-refractivity contribution in [3.8, 4) is 0 Å². The minimum absolute atomic E-state index is 0.217. The first-order chi connectivity index (χ1) is 22.8. The van der Waals surface area contributed by atoms with Crippen molar-refractivity contribution in [3.05, 3.63) is 72.9 Å². The number of ether oxygens (including phenoxy) is 2. The van der Waals surface area contributed by atoms with Gasteiger partial charge in [0.2, 0.25) is 5.91 Å². The number of unbranched alkanes of at least 4 members (excludes halogenated alkanes) is 6. The Labute approximate surface area is 283 Å². The number of allylic oxidation sites excluding steroid dienone is 11. The van der Waals surface area contributed by atoms with Crippen molar-refractivity contribution in [2.75, 3.05) is 13.2 Å². The van der Waals surface area contributed by atoms with Gasteiger partial charge in [0.25, 0.3) is 0 Å². The van der Waals surface area contributed by atoms with E-state index in [1.54, 1.807) is 6.08 Å². The predicted octanol–water partition coefficient (Wildman–Crippen LogP) is 5.49. The largest absolute Gasteiger partial charge is 0.394 e. The summed E-state index contributed by atoms with van der Waals surface area (Å²) in [5.41, 5.74) is 0. The second-order valence-electron chi connectivity index (χ2n) is 11.9. The minimum atomic E-state index is -1.58. The van der Waals surface area contributed by atoms with Gasteiger partial charge in [0.05, 0.1) is 25.4 Å². The molecule has 47 heavy (non-hydrogen) atoms. The highest BCUT2D eigenvalue weighted by Crippen LogP contribution is 2.22. The molecule has 9 heteroatoms. The van der Waals surface area contributed by atoms with E-state index in [1.165, 1.54) is 19.3 Å². The Morgan fingerprint density at radius 3 is 1.91 bits per heavy atom. The minimum Gasteiger partial charge on any atom is -0.394 e. The maximum absolute atomic E-state index is 12.8. The maximum atomic E-state index is 12.8. The van der Waals surface area contributed by atoms with E-state index < -0.39 is 49.5 Å². The van der Waals surface area contributed by atoms with Crippen molar-refractivity contribution in [1.82, 2.24) is 5.32 Å². The molecule has 1 heterocycles. The zero-order chi connectivity index (χ0) is 34.5. The van der Waals surface area contributed by atoms with Gasteiger partial charge in [0, 0.05) is 6.42 Å². The highest BCUT2D eigenvalue weighted by atomic mass is 16.7. The first-order valence-electron chi connectivity index (χ1n) is 17.7. The molecule has 0 saturated carbocycles. The lowest BCUT2D eigenvalue weighted by Gasteiger charge is -2.40. The molecule has 268 valence electrons. The number of amides is 1. The van der Waals surface area contributed by atoms with Crippen LogP contribution in [0.2, 0.25) is 0 Å². The summed E-state index contributed by atoms with van der Waals surface area (Å²) in [6.45, 7) is 3.51. The van der Waals surface area contributed by atoms with Crippen LogP contribution >= 0.6 is 0 Å². The van der Waals surface area contributed by atoms with Gasteiger partial charge < -0.3 is 40.3 Å². The fourth-order valence-corrected chi connectivity index (χ4v) is 4.89. The van der Waals surface area contributed by atoms with Gasteiger partial charge in [-0.05, 0) is 57.8 Å². The lowest BCUT2D eigenvalue weighted by molar-refractivity contribution is -0.302. The molecule has 1 saturated heterocycles. The number of hydrogen-bond acceptors (Lipinski definition) is 8. The molecule has 0 spiro atoms. The summed E-state index contributed by atoms with van der Waals surface area (Å²) < 4.78 is 11.1. The summed E-state index contributed by atoms with van der Waals surface area (Å²) in [5, 5.41) is 53.5. The lowest BCUT2D eigenvalue weighted by Crippen LogP contribution is -2.60. The zero-order valence-corrected chi connectivity index (χ0v) is 28.7. The third kappa shape index (κ3) is 20.6. The summed E-state index contributed by atoms with van der Waals surface area (Å²) in [5.74, 6) is -0.244. The molecule has 0 aliphatic carbocycles. The molecule has 7 unspecified atom stereocenters. The van der Waals surface area contributed by atoms with Crippen molar-refractivity contribution in [1.29, 1.82) is 0 Å². The third-order valence-electron chi connectivity index (χ3n) is 7.79. The van der Waals surface area contributed by atoms with E-state index in [4.69, 9.17) is 9.47 Å². The highest BCUT2D eigenvalue weighted by molar-refractivity contribution is 5.76. The van der Waals surface area contributed by atoms with Crippen LogP contribution in [-0.2, 0) is 14.3 Å². The van der Waals surface area contributed by atoms with Crippen LogP contribution in [0.3, 0.4) is 0 Å². The third-order valence-corrected chi connectivity index (χ3v) is 7.79. The Hall–Kier alpha value is -2.37. The quantitative estimate of drug-likeness (QED) is 0.0527. The van der Waals surface area contributed by atoms with Crippen LogP contribution in [0.15, 0.2) is 72.9 Å². The number of hydrogen-bond donors (Lipinski definition) is 6. The molecule has 0 radical (unpaired) electrons. The molecule has 1 aliphatic heterocycles. The van der Waals surface area contributed by atoms with E-state index in [-0.39, 0.29) is 18.9 Å². The van der Waals surface area contributed by atoms with E-state index >= 15 is 0 Å². The summed E-state index contributed by atoms with van der Waals surface area (Å²) in [4.78, 5) is 12.8. The highest BCUT2D eigenvalue weighted by Gasteiger charge is 2.44. The van der Waals surface area contributed by atoms with Gasteiger partial charge in [0.1, 0.15) is 24.4 Å². The number of rotatable bonds is 26. The Morgan fingerprint density at radius 1 is 0.745 bits per heavy atom. The molecule has 0 aromatic rings. The zero-order valence-electron chi connectivity index (χ0n) is 28.7. The molecule has 0 aromatic heterocycles. The fraction of sp³-hybridized carbons (Fsp3) is 0.658. The first kappa shape index (κ1) is 42.7. The number of aliphatic hydroxyl groups is 5. The molecule has 0 aromatic carbocycles. The van der Waals surface area contributed by atoms with Gasteiger partial charge in [0.15, 0.2) is 6.29 Å². The lowest BCUT2D eigenvalue weighted by atomic mass is 9.99. The van der Waals surface area contributed by atoms with Crippen molar-refractivity contribution in [3.63, 3.8) is 0 Å². The molecule has 0 bridgehead atoms. The second-order valence-corrected chi connectivity index (χ2v) is 11.9. The van der Waals surface area contributed by atoms with Gasteiger partial charge in [-0.25, -0.2) is 0 Å². The van der Waals surface area contributed by atoms with Crippen molar-refractivity contribution < 1.29 is 39.8 Å². The Morgan fingerprint density at radius 2 is 1.32 bits per heavy atom. The van der Waals surface area contributed by atoms with Gasteiger partial charge in [-0.3, -0.25) is 4.79 Å². The summed E-state index contributed by atoms with van der Waals surface area (Å²) in [6, 6.07) is -0.833. The van der Waals surface area contributed by atoms with Gasteiger partial charge in [-0.15, -0.1) is 0 Å². The van der Waals surface area contributed by atoms with E-state index in [0.717, 1.165) is 57.8 Å². The van der Waals surface area contributed by atoms with Crippen molar-refractivity contribution >= 4 is 5.91 Å². The van der Waals surface area contributed by atoms with Gasteiger partial charge in [-0.1, -0.05) is 112 Å². The molecule has 1 fully saturated rings. The average molecular weight is 662 g/mol. The topological polar surface area (TPSA) is 149 Å². The number of nitrogens with one attached hydrogen (secondary N) is 1. The van der Waals surface area contributed by atoms with E-state index in [2.05, 4.69) is 79.9 Å². The first-order valence-corrected chi connectivity index (χ1v) is 17.7. The smallest absolute Gasteiger partial charge is 0.220 e. The molecule has 7 atom stereocenters. The molecule has 9 nitrogen and oxygen atoms in total. The Kier molecular flexibility index (Phi) is 26.0. The molecule has 1 aliphatic rings. The van der Waals surface area contributed by atoms with E-state index in [9.17, 15) is 30.3 Å². The monoisotopic (exact) mass is 661 g/mol. The molecule has 1 rings (SSSR count). The van der Waals surface area contributed by atoms with Crippen LogP contribution in [0.4, 0.5) is 0 Å². The molecule has 6 N–H and O–H groups in total. The van der Waals surface area contributed by atoms with Crippen LogP contribution in [0.5, 0.6) is 0 Å². The maximum Gasteiger partial charge on any atom is 0.220 e. The van der Waals surface area contributed by atoms with E-state index in [1.807, 2.05) is 6.08 Å². The average Bonchev–Trinajstić information content (AvgIpc) is 3.07. The van der Waals surface area contributed by atoms with Gasteiger partial charge in [-0.2, -0.15) is 0 Å². The van der Waals surface area contributed by atoms with Crippen molar-refractivity contribution in [2.24, 2.45) is 0 Å². The molecular formula is C38H63NO8.